The van der Waals surface area contributed by atoms with Gasteiger partial charge in [-0.05, 0) is 12.5 Å². The van der Waals surface area contributed by atoms with Gasteiger partial charge in [0.15, 0.2) is 4.50 Å². The minimum atomic E-state index is -3.40. The zero-order valence-electron chi connectivity index (χ0n) is 8.55. The minimum Gasteiger partial charge on any atom is -0.205 e. The maximum atomic E-state index is 11.4. The maximum Gasteiger partial charge on any atom is 0.256 e. The second kappa shape index (κ2) is 4.39. The summed E-state index contributed by atoms with van der Waals surface area (Å²) in [6.45, 7) is 1.99. The topological polar surface area (TPSA) is 46.5 Å². The van der Waals surface area contributed by atoms with Gasteiger partial charge in [-0.25, -0.2) is 8.42 Å². The molecule has 1 aliphatic rings. The van der Waals surface area contributed by atoms with E-state index in [0.29, 0.717) is 0 Å². The molecule has 2 rings (SSSR count). The summed E-state index contributed by atoms with van der Waals surface area (Å²) in [6, 6.07) is 7.78. The lowest BCUT2D eigenvalue weighted by atomic mass is 10.1. The van der Waals surface area contributed by atoms with Crippen LogP contribution < -0.4 is 0 Å². The summed E-state index contributed by atoms with van der Waals surface area (Å²) in [6.07, 6.45) is 0. The lowest BCUT2D eigenvalue weighted by Crippen LogP contribution is -2.16. The highest BCUT2D eigenvalue weighted by Crippen LogP contribution is 2.36. The van der Waals surface area contributed by atoms with E-state index in [9.17, 15) is 8.42 Å². The number of benzene rings is 1. The molecule has 3 nitrogen and oxygen atoms in total. The molecule has 86 valence electrons. The van der Waals surface area contributed by atoms with E-state index < -0.39 is 10.0 Å². The van der Waals surface area contributed by atoms with Crippen molar-refractivity contribution in [1.29, 1.82) is 0 Å². The van der Waals surface area contributed by atoms with Crippen LogP contribution in [0.2, 0.25) is 0 Å². The summed E-state index contributed by atoms with van der Waals surface area (Å²) in [5.74, 6) is 0.0109. The molecule has 0 amide bonds. The molecular weight excluding hydrogens is 266 g/mol. The molecule has 1 atom stereocenters. The fraction of sp³-hybridized carbons (Fsp3) is 0.300. The third-order valence-electron chi connectivity index (χ3n) is 2.26. The molecule has 0 aliphatic carbocycles. The van der Waals surface area contributed by atoms with E-state index in [1.807, 2.05) is 31.2 Å². The first-order valence-corrected chi connectivity index (χ1v) is 7.54. The number of nitrogens with zero attached hydrogens (tertiary/aromatic N) is 1. The Kier molecular flexibility index (Phi) is 3.28. The summed E-state index contributed by atoms with van der Waals surface area (Å²) < 4.78 is 26.4. The highest BCUT2D eigenvalue weighted by atomic mass is 35.5. The van der Waals surface area contributed by atoms with Gasteiger partial charge in [-0.15, -0.1) is 4.40 Å². The molecule has 0 fully saturated rings. The average molecular weight is 276 g/mol. The molecule has 1 aromatic rings. The fourth-order valence-corrected chi connectivity index (χ4v) is 4.79. The lowest BCUT2D eigenvalue weighted by Gasteiger charge is -2.18. The van der Waals surface area contributed by atoms with Crippen molar-refractivity contribution < 1.29 is 8.42 Å². The summed E-state index contributed by atoms with van der Waals surface area (Å²) in [5.41, 5.74) is 2.11. The van der Waals surface area contributed by atoms with Gasteiger partial charge in [-0.3, -0.25) is 0 Å². The Labute approximate surface area is 104 Å². The van der Waals surface area contributed by atoms with Crippen molar-refractivity contribution in [2.45, 2.75) is 12.2 Å². The van der Waals surface area contributed by atoms with Gasteiger partial charge >= 0.3 is 0 Å². The number of rotatable bonds is 1. The van der Waals surface area contributed by atoms with Crippen LogP contribution in [0.4, 0.5) is 0 Å². The van der Waals surface area contributed by atoms with Crippen molar-refractivity contribution in [2.75, 3.05) is 5.75 Å². The molecule has 0 spiro atoms. The standard InChI is InChI=1S/C10H10ClNO2S2/c1-7-2-4-8(5-3-7)9-6-16(13,14)12-10(11)15-9/h2-5,9H,6H2,1H3. The second-order valence-corrected chi connectivity index (χ2v) is 7.06. The average Bonchev–Trinajstić information content (AvgIpc) is 2.15. The number of halogens is 1. The highest BCUT2D eigenvalue weighted by Gasteiger charge is 2.27. The van der Waals surface area contributed by atoms with Crippen LogP contribution >= 0.6 is 23.4 Å². The first-order valence-electron chi connectivity index (χ1n) is 4.68. The van der Waals surface area contributed by atoms with E-state index in [-0.39, 0.29) is 15.5 Å². The molecule has 1 unspecified atom stereocenters. The Morgan fingerprint density at radius 2 is 2.00 bits per heavy atom. The predicted octanol–water partition coefficient (Wildman–Crippen LogP) is 2.71. The van der Waals surface area contributed by atoms with E-state index in [1.165, 1.54) is 11.8 Å². The SMILES string of the molecule is Cc1ccc(C2CS(=O)(=O)N=C(Cl)S2)cc1. The van der Waals surface area contributed by atoms with Crippen molar-refractivity contribution in [3.8, 4) is 0 Å². The van der Waals surface area contributed by atoms with E-state index in [0.717, 1.165) is 11.1 Å². The summed E-state index contributed by atoms with van der Waals surface area (Å²) >= 11 is 6.99. The molecule has 0 bridgehead atoms. The van der Waals surface area contributed by atoms with Crippen LogP contribution in [0.1, 0.15) is 16.4 Å². The Balaban J connectivity index is 2.31. The lowest BCUT2D eigenvalue weighted by molar-refractivity contribution is 0.596. The third-order valence-corrected chi connectivity index (χ3v) is 5.26. The van der Waals surface area contributed by atoms with E-state index in [2.05, 4.69) is 4.40 Å². The zero-order valence-corrected chi connectivity index (χ0v) is 10.9. The largest absolute Gasteiger partial charge is 0.256 e. The fourth-order valence-electron chi connectivity index (χ4n) is 1.46. The van der Waals surface area contributed by atoms with Crippen LogP contribution in [0.5, 0.6) is 0 Å². The van der Waals surface area contributed by atoms with Crippen molar-refractivity contribution in [3.05, 3.63) is 35.4 Å². The van der Waals surface area contributed by atoms with Crippen LogP contribution in [-0.2, 0) is 10.0 Å². The smallest absolute Gasteiger partial charge is 0.205 e. The highest BCUT2D eigenvalue weighted by molar-refractivity contribution is 8.18. The van der Waals surface area contributed by atoms with E-state index in [4.69, 9.17) is 11.6 Å². The van der Waals surface area contributed by atoms with Crippen molar-refractivity contribution >= 4 is 37.9 Å². The second-order valence-electron chi connectivity index (χ2n) is 3.61. The van der Waals surface area contributed by atoms with Gasteiger partial charge in [0.1, 0.15) is 0 Å². The third kappa shape index (κ3) is 2.78. The first-order chi connectivity index (χ1) is 7.46. The molecule has 1 aliphatic heterocycles. The van der Waals surface area contributed by atoms with Crippen LogP contribution in [0.15, 0.2) is 28.7 Å². The molecule has 0 N–H and O–H groups in total. The van der Waals surface area contributed by atoms with Gasteiger partial charge in [-0.1, -0.05) is 53.2 Å². The summed E-state index contributed by atoms with van der Waals surface area (Å²) in [5, 5.41) is -0.157. The van der Waals surface area contributed by atoms with E-state index in [1.54, 1.807) is 0 Å². The Morgan fingerprint density at radius 1 is 1.38 bits per heavy atom. The van der Waals surface area contributed by atoms with Crippen molar-refractivity contribution in [2.24, 2.45) is 4.40 Å². The molecule has 6 heteroatoms. The van der Waals surface area contributed by atoms with Gasteiger partial charge in [0.05, 0.1) is 11.0 Å². The van der Waals surface area contributed by atoms with Crippen LogP contribution in [-0.4, -0.2) is 18.7 Å². The number of hydrogen-bond donors (Lipinski definition) is 0. The van der Waals surface area contributed by atoms with Gasteiger partial charge in [0.2, 0.25) is 0 Å². The number of thioether (sulfide) groups is 1. The maximum absolute atomic E-state index is 11.4. The Bertz CT molecular complexity index is 522. The molecule has 0 radical (unpaired) electrons. The quantitative estimate of drug-likeness (QED) is 0.792. The number of sulfonamides is 1. The van der Waals surface area contributed by atoms with Crippen LogP contribution in [0, 0.1) is 6.92 Å². The monoisotopic (exact) mass is 275 g/mol. The van der Waals surface area contributed by atoms with E-state index >= 15 is 0 Å². The summed E-state index contributed by atoms with van der Waals surface area (Å²) in [4.78, 5) is 0. The molecule has 16 heavy (non-hydrogen) atoms. The van der Waals surface area contributed by atoms with Gasteiger partial charge in [0, 0.05) is 0 Å². The number of aryl methyl sites for hydroxylation is 1. The van der Waals surface area contributed by atoms with Gasteiger partial charge in [0.25, 0.3) is 10.0 Å². The predicted molar refractivity (Wildman–Crippen MR) is 68.6 cm³/mol. The molecule has 1 aromatic carbocycles. The van der Waals surface area contributed by atoms with Crippen LogP contribution in [0.25, 0.3) is 0 Å². The van der Waals surface area contributed by atoms with Crippen molar-refractivity contribution in [1.82, 2.24) is 0 Å². The summed E-state index contributed by atoms with van der Waals surface area (Å²) in [7, 11) is -3.40. The number of hydrogen-bond acceptors (Lipinski definition) is 3. The van der Waals surface area contributed by atoms with Crippen LogP contribution in [0.3, 0.4) is 0 Å². The molecule has 0 saturated heterocycles. The zero-order chi connectivity index (χ0) is 11.8. The molecule has 0 aromatic heterocycles. The normalized spacial score (nSPS) is 23.9. The van der Waals surface area contributed by atoms with Gasteiger partial charge < -0.3 is 0 Å². The molecular formula is C10H10ClNO2S2. The Hall–Kier alpha value is -0.520. The molecule has 1 heterocycles. The molecule has 0 saturated carbocycles. The van der Waals surface area contributed by atoms with Gasteiger partial charge in [-0.2, -0.15) is 0 Å². The first kappa shape index (κ1) is 12.0. The Morgan fingerprint density at radius 3 is 2.56 bits per heavy atom. The minimum absolute atomic E-state index is 0.0109. The van der Waals surface area contributed by atoms with Crippen molar-refractivity contribution in [3.63, 3.8) is 0 Å².